The first-order chi connectivity index (χ1) is 19.5. The molecule has 0 saturated heterocycles. The Balaban J connectivity index is 0.000000257. The number of benzene rings is 2. The monoisotopic (exact) mass is 579 g/mol. The van der Waals surface area contributed by atoms with E-state index in [0.29, 0.717) is 22.5 Å². The molecule has 2 aromatic carbocycles. The molecule has 4 rings (SSSR count). The first kappa shape index (κ1) is 32.6. The number of hydrogen-bond donors (Lipinski definition) is 4. The molecule has 9 nitrogen and oxygen atoms in total. The van der Waals surface area contributed by atoms with Gasteiger partial charge in [-0.3, -0.25) is 19.3 Å². The number of carbonyl (C=O) groups excluding carboxylic acids is 2. The number of aromatic nitrogens is 3. The van der Waals surface area contributed by atoms with Crippen molar-refractivity contribution < 1.29 is 9.59 Å². The molecule has 0 saturated carbocycles. The van der Waals surface area contributed by atoms with E-state index >= 15 is 0 Å². The number of hydrogen-bond acceptors (Lipinski definition) is 10. The van der Waals surface area contributed by atoms with Crippen LogP contribution in [0.4, 0.5) is 5.00 Å². The highest BCUT2D eigenvalue weighted by Crippen LogP contribution is 2.23. The fourth-order valence-corrected chi connectivity index (χ4v) is 4.37. The summed E-state index contributed by atoms with van der Waals surface area (Å²) >= 11 is 2.50. The van der Waals surface area contributed by atoms with Gasteiger partial charge in [-0.1, -0.05) is 42.8 Å². The molecule has 212 valence electrons. The maximum Gasteiger partial charge on any atom is 0.154 e. The number of rotatable bonds is 12. The number of nitrogens with one attached hydrogen (secondary N) is 3. The Morgan fingerprint density at radius 2 is 1.90 bits per heavy atom. The maximum atomic E-state index is 10.2. The van der Waals surface area contributed by atoms with Gasteiger partial charge in [0.2, 0.25) is 0 Å². The highest BCUT2D eigenvalue weighted by molar-refractivity contribution is 8.10. The molecule has 2 heterocycles. The van der Waals surface area contributed by atoms with Gasteiger partial charge in [0.1, 0.15) is 17.1 Å². The maximum absolute atomic E-state index is 10.2. The molecule has 0 aliphatic carbocycles. The van der Waals surface area contributed by atoms with E-state index in [4.69, 9.17) is 5.73 Å². The minimum Gasteiger partial charge on any atom is -0.389 e. The standard InChI is InChI=1S/C19H23N3.C5H6N2OS.C5H8N2OS/c1-20-12-6-2-3-9-19-21-14-18(22-19)17-11-10-15-7-4-5-8-16(15)13-17;1-3-4(2-8)5(6)9-7-3;1-6-9-5-7-3-2-4-8/h4-5,7-8,10-11,13-14,20H,2-3,6,9,12H2,1H3,(H,21,22);2H,6H2,1H3;2-6H,1H3/b;;3-2+,7-5?. The van der Waals surface area contributed by atoms with E-state index in [9.17, 15) is 9.59 Å². The quantitative estimate of drug-likeness (QED) is 0.0425. The van der Waals surface area contributed by atoms with Crippen molar-refractivity contribution in [2.75, 3.05) is 26.4 Å². The number of aryl methyl sites for hydroxylation is 2. The van der Waals surface area contributed by atoms with E-state index in [1.165, 1.54) is 59.8 Å². The number of nitrogen functional groups attached to an aromatic ring is 1. The second-order valence-electron chi connectivity index (χ2n) is 8.44. The third kappa shape index (κ3) is 11.6. The highest BCUT2D eigenvalue weighted by atomic mass is 32.2. The Bertz CT molecular complexity index is 1350. The number of aromatic amines is 1. The number of unbranched alkanes of at least 4 members (excludes halogenated alkanes) is 2. The molecular formula is C29H37N7O2S2. The Morgan fingerprint density at radius 3 is 2.55 bits per heavy atom. The van der Waals surface area contributed by atoms with E-state index in [-0.39, 0.29) is 0 Å². The molecule has 0 amide bonds. The van der Waals surface area contributed by atoms with Crippen LogP contribution in [0.15, 0.2) is 65.9 Å². The van der Waals surface area contributed by atoms with E-state index in [0.717, 1.165) is 42.3 Å². The van der Waals surface area contributed by atoms with Crippen LogP contribution in [0.25, 0.3) is 22.0 Å². The van der Waals surface area contributed by atoms with E-state index < -0.39 is 0 Å². The van der Waals surface area contributed by atoms with E-state index in [2.05, 4.69) is 71.8 Å². The molecule has 0 atom stereocenters. The molecule has 0 spiro atoms. The number of anilines is 1. The van der Waals surface area contributed by atoms with Gasteiger partial charge in [0.15, 0.2) is 6.29 Å². The third-order valence-electron chi connectivity index (χ3n) is 5.57. The van der Waals surface area contributed by atoms with Crippen molar-refractivity contribution in [1.29, 1.82) is 0 Å². The van der Waals surface area contributed by atoms with Crippen LogP contribution in [0.5, 0.6) is 0 Å². The summed E-state index contributed by atoms with van der Waals surface area (Å²) in [5, 5.41) is 6.23. The van der Waals surface area contributed by atoms with Gasteiger partial charge in [0.05, 0.1) is 28.7 Å². The molecule has 0 aliphatic rings. The largest absolute Gasteiger partial charge is 0.389 e. The van der Waals surface area contributed by atoms with Gasteiger partial charge in [0.25, 0.3) is 0 Å². The molecule has 0 radical (unpaired) electrons. The molecule has 0 fully saturated rings. The number of imidazole rings is 1. The molecule has 2 aromatic heterocycles. The number of H-pyrrole nitrogens is 1. The number of fused-ring (bicyclic) bond motifs is 1. The fraction of sp³-hybridized carbons (Fsp3) is 0.276. The van der Waals surface area contributed by atoms with Crippen molar-refractivity contribution in [2.24, 2.45) is 4.99 Å². The summed E-state index contributed by atoms with van der Waals surface area (Å²) < 4.78 is 6.66. The lowest BCUT2D eigenvalue weighted by atomic mass is 10.1. The van der Waals surface area contributed by atoms with Crippen LogP contribution >= 0.6 is 23.5 Å². The van der Waals surface area contributed by atoms with Gasteiger partial charge < -0.3 is 16.0 Å². The second kappa shape index (κ2) is 19.4. The summed E-state index contributed by atoms with van der Waals surface area (Å²) in [6.07, 6.45) is 10.8. The van der Waals surface area contributed by atoms with Crippen molar-refractivity contribution in [3.8, 4) is 11.3 Å². The normalized spacial score (nSPS) is 10.8. The van der Waals surface area contributed by atoms with Gasteiger partial charge in [-0.25, -0.2) is 4.98 Å². The van der Waals surface area contributed by atoms with Crippen LogP contribution in [0.2, 0.25) is 0 Å². The summed E-state index contributed by atoms with van der Waals surface area (Å²) in [5.41, 5.74) is 10.5. The van der Waals surface area contributed by atoms with Gasteiger partial charge in [-0.15, -0.1) is 0 Å². The number of nitrogens with two attached hydrogens (primary N) is 1. The first-order valence-electron chi connectivity index (χ1n) is 12.8. The lowest BCUT2D eigenvalue weighted by Gasteiger charge is -2.02. The van der Waals surface area contributed by atoms with Crippen molar-refractivity contribution in [3.05, 3.63) is 78.0 Å². The lowest BCUT2D eigenvalue weighted by molar-refractivity contribution is -0.104. The molecular weight excluding hydrogens is 543 g/mol. The van der Waals surface area contributed by atoms with Crippen molar-refractivity contribution in [3.63, 3.8) is 0 Å². The zero-order chi connectivity index (χ0) is 29.0. The summed E-state index contributed by atoms with van der Waals surface area (Å²) in [7, 11) is 3.79. The molecule has 40 heavy (non-hydrogen) atoms. The Hall–Kier alpha value is -3.64. The minimum absolute atomic E-state index is 0.502. The van der Waals surface area contributed by atoms with Gasteiger partial charge in [-0.05, 0) is 86.8 Å². The minimum atomic E-state index is 0.502. The molecule has 0 bridgehead atoms. The number of aldehydes is 2. The summed E-state index contributed by atoms with van der Waals surface area (Å²) in [6, 6.07) is 15.0. The average Bonchev–Trinajstić information content (AvgIpc) is 3.59. The van der Waals surface area contributed by atoms with Crippen molar-refractivity contribution >= 4 is 57.4 Å². The molecule has 0 unspecified atom stereocenters. The van der Waals surface area contributed by atoms with Crippen LogP contribution in [0.3, 0.4) is 0 Å². The third-order valence-corrected chi connectivity index (χ3v) is 6.81. The number of allylic oxidation sites excluding steroid dienone is 1. The second-order valence-corrected chi connectivity index (χ2v) is 10.1. The van der Waals surface area contributed by atoms with Crippen LogP contribution in [-0.4, -0.2) is 53.1 Å². The number of aliphatic imine (C=N–C) groups is 1. The first-order valence-corrected chi connectivity index (χ1v) is 14.5. The average molecular weight is 580 g/mol. The van der Waals surface area contributed by atoms with Crippen molar-refractivity contribution in [2.45, 2.75) is 32.6 Å². The fourth-order valence-electron chi connectivity index (χ4n) is 3.50. The Labute approximate surface area is 244 Å². The topological polar surface area (TPSA) is 138 Å². The predicted octanol–water partition coefficient (Wildman–Crippen LogP) is 5.60. The van der Waals surface area contributed by atoms with Gasteiger partial charge in [0, 0.05) is 18.2 Å². The molecule has 5 N–H and O–H groups in total. The number of nitrogens with zero attached hydrogens (tertiary/aromatic N) is 3. The summed E-state index contributed by atoms with van der Waals surface area (Å²) in [5.74, 6) is 1.09. The van der Waals surface area contributed by atoms with Crippen LogP contribution < -0.4 is 15.8 Å². The Morgan fingerprint density at radius 1 is 1.10 bits per heavy atom. The van der Waals surface area contributed by atoms with E-state index in [1.807, 2.05) is 13.2 Å². The van der Waals surface area contributed by atoms with Crippen LogP contribution in [0.1, 0.15) is 41.1 Å². The van der Waals surface area contributed by atoms with Crippen molar-refractivity contribution in [1.82, 2.24) is 24.4 Å². The zero-order valence-electron chi connectivity index (χ0n) is 23.1. The van der Waals surface area contributed by atoms with Crippen LogP contribution in [-0.2, 0) is 11.2 Å². The van der Waals surface area contributed by atoms with Gasteiger partial charge in [-0.2, -0.15) is 4.37 Å². The predicted molar refractivity (Wildman–Crippen MR) is 170 cm³/mol. The molecule has 11 heteroatoms. The Kier molecular flexibility index (Phi) is 15.8. The summed E-state index contributed by atoms with van der Waals surface area (Å²) in [6.45, 7) is 2.86. The molecule has 0 aliphatic heterocycles. The number of carbonyl (C=O) groups is 2. The smallest absolute Gasteiger partial charge is 0.154 e. The van der Waals surface area contributed by atoms with Gasteiger partial charge >= 0.3 is 0 Å². The SMILES string of the molecule is CNCCCCCc1ncc(-c2ccc3ccccc3c2)[nH]1.CNSC=N/C=C/C=O.Cc1nsc(N)c1C=O. The van der Waals surface area contributed by atoms with Crippen LogP contribution in [0, 0.1) is 6.92 Å². The molecule has 4 aromatic rings. The lowest BCUT2D eigenvalue weighted by Crippen LogP contribution is -2.07. The highest BCUT2D eigenvalue weighted by Gasteiger charge is 2.05. The summed E-state index contributed by atoms with van der Waals surface area (Å²) in [4.78, 5) is 31.5. The zero-order valence-corrected chi connectivity index (χ0v) is 24.7. The van der Waals surface area contributed by atoms with E-state index in [1.54, 1.807) is 19.5 Å².